The molecule has 4 atom stereocenters. The van der Waals surface area contributed by atoms with E-state index in [0.717, 1.165) is 38.5 Å². The number of rotatable bonds is 2. The highest BCUT2D eigenvalue weighted by atomic mass is 16.7. The molecule has 128 valence electrons. The van der Waals surface area contributed by atoms with Crippen molar-refractivity contribution >= 4 is 11.7 Å². The number of ketones is 1. The Morgan fingerprint density at radius 1 is 1.25 bits per heavy atom. The number of benzene rings is 1. The van der Waals surface area contributed by atoms with E-state index in [4.69, 9.17) is 4.84 Å². The van der Waals surface area contributed by atoms with E-state index in [2.05, 4.69) is 24.5 Å². The van der Waals surface area contributed by atoms with E-state index in [1.54, 1.807) is 0 Å². The second kappa shape index (κ2) is 5.61. The SMILES string of the molecule is CC(=O)NOc1ccc2c(c1)CC[C@@H]1[C@@H]2CC[C@]2(C)C(=O)CC[C@@H]12. The monoisotopic (exact) mass is 327 g/mol. The first-order chi connectivity index (χ1) is 11.5. The maximum atomic E-state index is 12.4. The van der Waals surface area contributed by atoms with Crippen LogP contribution in [0.25, 0.3) is 0 Å². The molecule has 0 saturated heterocycles. The summed E-state index contributed by atoms with van der Waals surface area (Å²) in [6, 6.07) is 6.18. The molecule has 4 rings (SSSR count). The molecule has 2 saturated carbocycles. The number of amides is 1. The molecule has 4 nitrogen and oxygen atoms in total. The number of hydroxylamine groups is 1. The average molecular weight is 327 g/mol. The zero-order valence-electron chi connectivity index (χ0n) is 14.4. The number of carbonyl (C=O) groups is 2. The molecule has 4 heteroatoms. The third-order valence-corrected chi connectivity index (χ3v) is 6.72. The van der Waals surface area contributed by atoms with Crippen LogP contribution < -0.4 is 10.3 Å². The minimum Gasteiger partial charge on any atom is -0.380 e. The van der Waals surface area contributed by atoms with Gasteiger partial charge >= 0.3 is 0 Å². The first kappa shape index (κ1) is 15.7. The fourth-order valence-corrected chi connectivity index (χ4v) is 5.52. The van der Waals surface area contributed by atoms with Crippen molar-refractivity contribution in [3.05, 3.63) is 29.3 Å². The summed E-state index contributed by atoms with van der Waals surface area (Å²) < 4.78 is 0. The van der Waals surface area contributed by atoms with E-state index in [1.807, 2.05) is 6.07 Å². The molecule has 0 radical (unpaired) electrons. The predicted octanol–water partition coefficient (Wildman–Crippen LogP) is 3.54. The maximum Gasteiger partial charge on any atom is 0.249 e. The van der Waals surface area contributed by atoms with Crippen molar-refractivity contribution in [2.75, 3.05) is 0 Å². The molecule has 0 spiro atoms. The van der Waals surface area contributed by atoms with Crippen LogP contribution in [-0.4, -0.2) is 11.7 Å². The molecule has 3 aliphatic carbocycles. The lowest BCUT2D eigenvalue weighted by Crippen LogP contribution is -2.42. The maximum absolute atomic E-state index is 12.4. The van der Waals surface area contributed by atoms with Gasteiger partial charge in [0.15, 0.2) is 5.75 Å². The molecule has 1 N–H and O–H groups in total. The minimum atomic E-state index is -0.203. The van der Waals surface area contributed by atoms with Gasteiger partial charge in [-0.1, -0.05) is 13.0 Å². The molecule has 0 unspecified atom stereocenters. The molecule has 0 aromatic heterocycles. The Balaban J connectivity index is 1.59. The fourth-order valence-electron chi connectivity index (χ4n) is 5.52. The molecule has 0 heterocycles. The molecular formula is C20H25NO3. The van der Waals surface area contributed by atoms with Gasteiger partial charge in [0.2, 0.25) is 5.91 Å². The van der Waals surface area contributed by atoms with Crippen molar-refractivity contribution in [3.63, 3.8) is 0 Å². The van der Waals surface area contributed by atoms with Crippen LogP contribution in [0.15, 0.2) is 18.2 Å². The third kappa shape index (κ3) is 2.35. The number of fused-ring (bicyclic) bond motifs is 5. The summed E-state index contributed by atoms with van der Waals surface area (Å²) in [7, 11) is 0. The lowest BCUT2D eigenvalue weighted by molar-refractivity contribution is -0.129. The lowest BCUT2D eigenvalue weighted by atomic mass is 9.55. The highest BCUT2D eigenvalue weighted by molar-refractivity contribution is 5.87. The Morgan fingerprint density at radius 3 is 2.88 bits per heavy atom. The van der Waals surface area contributed by atoms with Crippen molar-refractivity contribution < 1.29 is 14.4 Å². The number of aryl methyl sites for hydroxylation is 1. The van der Waals surface area contributed by atoms with Gasteiger partial charge in [0, 0.05) is 18.8 Å². The Bertz CT molecular complexity index is 698. The van der Waals surface area contributed by atoms with E-state index in [-0.39, 0.29) is 11.3 Å². The summed E-state index contributed by atoms with van der Waals surface area (Å²) in [6.45, 7) is 3.65. The van der Waals surface area contributed by atoms with E-state index >= 15 is 0 Å². The van der Waals surface area contributed by atoms with E-state index in [9.17, 15) is 9.59 Å². The van der Waals surface area contributed by atoms with Gasteiger partial charge in [0.25, 0.3) is 0 Å². The highest BCUT2D eigenvalue weighted by Gasteiger charge is 2.54. The van der Waals surface area contributed by atoms with Crippen LogP contribution in [0.3, 0.4) is 0 Å². The smallest absolute Gasteiger partial charge is 0.249 e. The zero-order chi connectivity index (χ0) is 16.9. The Labute approximate surface area is 142 Å². The summed E-state index contributed by atoms with van der Waals surface area (Å²) in [5, 5.41) is 0. The van der Waals surface area contributed by atoms with Crippen LogP contribution in [0.5, 0.6) is 5.75 Å². The van der Waals surface area contributed by atoms with Crippen molar-refractivity contribution in [3.8, 4) is 5.75 Å². The zero-order valence-corrected chi connectivity index (χ0v) is 14.4. The van der Waals surface area contributed by atoms with Gasteiger partial charge in [-0.2, -0.15) is 5.48 Å². The van der Waals surface area contributed by atoms with Crippen molar-refractivity contribution in [1.82, 2.24) is 5.48 Å². The summed E-state index contributed by atoms with van der Waals surface area (Å²) >= 11 is 0. The molecule has 24 heavy (non-hydrogen) atoms. The Morgan fingerprint density at radius 2 is 2.08 bits per heavy atom. The fraction of sp³-hybridized carbons (Fsp3) is 0.600. The van der Waals surface area contributed by atoms with Crippen LogP contribution in [0.2, 0.25) is 0 Å². The van der Waals surface area contributed by atoms with Gasteiger partial charge in [0.1, 0.15) is 5.78 Å². The standard InChI is InChI=1S/C20H25NO3/c1-12(22)21-24-14-4-6-15-13(11-14)3-5-17-16(15)9-10-20(2)18(17)7-8-19(20)23/h4,6,11,16-18H,3,5,7-10H2,1-2H3,(H,21,22)/t16-,17-,18+,20+/m1/s1. The molecule has 0 bridgehead atoms. The molecule has 3 aliphatic rings. The quantitative estimate of drug-likeness (QED) is 0.845. The number of Topliss-reactive ketones (excluding diaryl/α,β-unsaturated/α-hetero) is 1. The van der Waals surface area contributed by atoms with E-state index in [1.165, 1.54) is 18.1 Å². The predicted molar refractivity (Wildman–Crippen MR) is 90.5 cm³/mol. The lowest BCUT2D eigenvalue weighted by Gasteiger charge is -2.48. The molecule has 2 fully saturated rings. The first-order valence-electron chi connectivity index (χ1n) is 9.08. The average Bonchev–Trinajstić information content (AvgIpc) is 2.88. The van der Waals surface area contributed by atoms with Crippen LogP contribution in [0.1, 0.15) is 63.0 Å². The highest BCUT2D eigenvalue weighted by Crippen LogP contribution is 2.59. The van der Waals surface area contributed by atoms with Gasteiger partial charge in [0.05, 0.1) is 0 Å². The third-order valence-electron chi connectivity index (χ3n) is 6.72. The largest absolute Gasteiger partial charge is 0.380 e. The molecule has 1 aromatic rings. The Hall–Kier alpha value is -1.84. The Kier molecular flexibility index (Phi) is 3.66. The normalized spacial score (nSPS) is 34.1. The molecule has 1 amide bonds. The van der Waals surface area contributed by atoms with Crippen LogP contribution in [-0.2, 0) is 16.0 Å². The second-order valence-corrected chi connectivity index (χ2v) is 7.95. The first-order valence-corrected chi connectivity index (χ1v) is 9.08. The number of carbonyl (C=O) groups excluding carboxylic acids is 2. The second-order valence-electron chi connectivity index (χ2n) is 7.95. The number of hydrogen-bond acceptors (Lipinski definition) is 3. The summed E-state index contributed by atoms with van der Waals surface area (Å²) in [6.07, 6.45) is 6.20. The van der Waals surface area contributed by atoms with E-state index in [0.29, 0.717) is 29.3 Å². The molecule has 0 aliphatic heterocycles. The van der Waals surface area contributed by atoms with Crippen molar-refractivity contribution in [2.24, 2.45) is 17.3 Å². The number of nitrogens with one attached hydrogen (secondary N) is 1. The van der Waals surface area contributed by atoms with Crippen molar-refractivity contribution in [2.45, 2.75) is 58.3 Å². The summed E-state index contributed by atoms with van der Waals surface area (Å²) in [5.41, 5.74) is 5.10. The minimum absolute atomic E-state index is 0.0624. The summed E-state index contributed by atoms with van der Waals surface area (Å²) in [5.74, 6) is 2.77. The van der Waals surface area contributed by atoms with Crippen molar-refractivity contribution in [1.29, 1.82) is 0 Å². The van der Waals surface area contributed by atoms with Gasteiger partial charge in [-0.25, -0.2) is 0 Å². The van der Waals surface area contributed by atoms with Crippen LogP contribution in [0, 0.1) is 17.3 Å². The van der Waals surface area contributed by atoms with Crippen LogP contribution >= 0.6 is 0 Å². The topological polar surface area (TPSA) is 55.4 Å². The molecule has 1 aromatic carbocycles. The van der Waals surface area contributed by atoms with Gasteiger partial charge < -0.3 is 4.84 Å². The van der Waals surface area contributed by atoms with Gasteiger partial charge in [-0.15, -0.1) is 0 Å². The van der Waals surface area contributed by atoms with Gasteiger partial charge in [-0.3, -0.25) is 9.59 Å². The van der Waals surface area contributed by atoms with E-state index < -0.39 is 0 Å². The van der Waals surface area contributed by atoms with Gasteiger partial charge in [-0.05, 0) is 73.1 Å². The number of hydrogen-bond donors (Lipinski definition) is 1. The van der Waals surface area contributed by atoms with Crippen LogP contribution in [0.4, 0.5) is 0 Å². The molecular weight excluding hydrogens is 302 g/mol. The summed E-state index contributed by atoms with van der Waals surface area (Å²) in [4.78, 5) is 28.7.